The van der Waals surface area contributed by atoms with Crippen LogP contribution in [0.3, 0.4) is 0 Å². The number of hydrogen-bond acceptors (Lipinski definition) is 7. The molecule has 4 heterocycles. The number of nitrogens with one attached hydrogen (secondary N) is 2. The Labute approximate surface area is 176 Å². The number of fused-ring (bicyclic) bond motifs is 1. The van der Waals surface area contributed by atoms with Crippen LogP contribution in [0.4, 0.5) is 5.13 Å². The molecule has 146 valence electrons. The summed E-state index contributed by atoms with van der Waals surface area (Å²) in [5.41, 5.74) is 3.52. The zero-order valence-electron chi connectivity index (χ0n) is 15.1. The molecule has 1 aliphatic rings. The molecule has 0 fully saturated rings. The number of pyridine rings is 2. The SMILES string of the molecule is COc1cnc(Cl)cc1-c1cc(C)ncc1C(=O)Nc1nc2c(s1)CNC2.Cl. The highest BCUT2D eigenvalue weighted by Gasteiger charge is 2.21. The Morgan fingerprint density at radius 3 is 2.82 bits per heavy atom. The highest BCUT2D eigenvalue weighted by Crippen LogP contribution is 2.34. The third-order valence-corrected chi connectivity index (χ3v) is 5.43. The van der Waals surface area contributed by atoms with Crippen molar-refractivity contribution in [3.05, 3.63) is 51.5 Å². The fourth-order valence-corrected chi connectivity index (χ4v) is 4.03. The van der Waals surface area contributed by atoms with Gasteiger partial charge in [-0.25, -0.2) is 9.97 Å². The van der Waals surface area contributed by atoms with Crippen LogP contribution in [-0.2, 0) is 13.1 Å². The molecule has 0 saturated heterocycles. The van der Waals surface area contributed by atoms with Gasteiger partial charge in [0.2, 0.25) is 0 Å². The van der Waals surface area contributed by atoms with Crippen molar-refractivity contribution in [1.29, 1.82) is 0 Å². The number of carbonyl (C=O) groups excluding carboxylic acids is 1. The van der Waals surface area contributed by atoms with Gasteiger partial charge in [0.25, 0.3) is 5.91 Å². The summed E-state index contributed by atoms with van der Waals surface area (Å²) < 4.78 is 5.40. The maximum absolute atomic E-state index is 12.9. The Hall–Kier alpha value is -2.26. The van der Waals surface area contributed by atoms with E-state index >= 15 is 0 Å². The van der Waals surface area contributed by atoms with Gasteiger partial charge in [0, 0.05) is 41.0 Å². The van der Waals surface area contributed by atoms with Crippen LogP contribution in [0.1, 0.15) is 26.6 Å². The molecule has 0 unspecified atom stereocenters. The van der Waals surface area contributed by atoms with Crippen LogP contribution in [0.25, 0.3) is 11.1 Å². The van der Waals surface area contributed by atoms with Crippen LogP contribution >= 0.6 is 35.3 Å². The van der Waals surface area contributed by atoms with E-state index in [0.717, 1.165) is 29.4 Å². The summed E-state index contributed by atoms with van der Waals surface area (Å²) in [6.07, 6.45) is 3.09. The number of carbonyl (C=O) groups is 1. The van der Waals surface area contributed by atoms with Crippen LogP contribution in [-0.4, -0.2) is 28.0 Å². The molecule has 7 nitrogen and oxygen atoms in total. The number of hydrogen-bond donors (Lipinski definition) is 2. The zero-order valence-corrected chi connectivity index (χ0v) is 17.5. The number of aryl methyl sites for hydroxylation is 1. The third kappa shape index (κ3) is 3.95. The maximum Gasteiger partial charge on any atom is 0.259 e. The van der Waals surface area contributed by atoms with Crippen molar-refractivity contribution in [1.82, 2.24) is 20.3 Å². The van der Waals surface area contributed by atoms with Crippen molar-refractivity contribution in [3.63, 3.8) is 0 Å². The van der Waals surface area contributed by atoms with Gasteiger partial charge in [0.15, 0.2) is 5.13 Å². The number of thiazole rings is 1. The minimum Gasteiger partial charge on any atom is -0.494 e. The van der Waals surface area contributed by atoms with E-state index in [4.69, 9.17) is 16.3 Å². The van der Waals surface area contributed by atoms with Crippen LogP contribution in [0.2, 0.25) is 5.15 Å². The van der Waals surface area contributed by atoms with Gasteiger partial charge in [-0.3, -0.25) is 15.1 Å². The predicted octanol–water partition coefficient (Wildman–Crippen LogP) is 3.85. The van der Waals surface area contributed by atoms with Gasteiger partial charge in [0.1, 0.15) is 10.9 Å². The van der Waals surface area contributed by atoms with Gasteiger partial charge in [-0.15, -0.1) is 23.7 Å². The second-order valence-corrected chi connectivity index (χ2v) is 7.50. The van der Waals surface area contributed by atoms with E-state index in [1.165, 1.54) is 17.5 Å². The second-order valence-electron chi connectivity index (χ2n) is 6.03. The summed E-state index contributed by atoms with van der Waals surface area (Å²) in [6, 6.07) is 3.50. The number of rotatable bonds is 4. The zero-order chi connectivity index (χ0) is 19.0. The fraction of sp³-hybridized carbons (Fsp3) is 0.222. The molecule has 10 heteroatoms. The molecule has 2 N–H and O–H groups in total. The van der Waals surface area contributed by atoms with E-state index < -0.39 is 0 Å². The molecule has 0 spiro atoms. The van der Waals surface area contributed by atoms with Gasteiger partial charge >= 0.3 is 0 Å². The first-order valence-electron chi connectivity index (χ1n) is 8.22. The van der Waals surface area contributed by atoms with Gasteiger partial charge in [-0.1, -0.05) is 11.6 Å². The molecule has 28 heavy (non-hydrogen) atoms. The van der Waals surface area contributed by atoms with Crippen LogP contribution in [0.5, 0.6) is 5.75 Å². The lowest BCUT2D eigenvalue weighted by molar-refractivity contribution is 0.102. The van der Waals surface area contributed by atoms with Crippen LogP contribution in [0, 0.1) is 6.92 Å². The van der Waals surface area contributed by atoms with Crippen molar-refractivity contribution in [2.24, 2.45) is 0 Å². The minimum absolute atomic E-state index is 0. The molecule has 3 aromatic heterocycles. The summed E-state index contributed by atoms with van der Waals surface area (Å²) in [7, 11) is 1.55. The van der Waals surface area contributed by atoms with Crippen molar-refractivity contribution in [2.45, 2.75) is 20.0 Å². The average molecular weight is 438 g/mol. The molecule has 0 atom stereocenters. The fourth-order valence-electron chi connectivity index (χ4n) is 2.93. The number of halogens is 2. The average Bonchev–Trinajstić information content (AvgIpc) is 3.23. The molecule has 0 aliphatic carbocycles. The first kappa shape index (κ1) is 20.5. The topological polar surface area (TPSA) is 89.0 Å². The molecular weight excluding hydrogens is 421 g/mol. The number of anilines is 1. The molecule has 3 aromatic rings. The number of amides is 1. The van der Waals surface area contributed by atoms with Crippen molar-refractivity contribution >= 4 is 46.4 Å². The van der Waals surface area contributed by atoms with Crippen LogP contribution in [0.15, 0.2) is 24.5 Å². The Morgan fingerprint density at radius 2 is 2.07 bits per heavy atom. The van der Waals surface area contributed by atoms with Gasteiger partial charge < -0.3 is 10.1 Å². The molecule has 0 saturated carbocycles. The largest absolute Gasteiger partial charge is 0.494 e. The third-order valence-electron chi connectivity index (χ3n) is 4.21. The standard InChI is InChI=1S/C18H16ClN5O2S.ClH/c1-9-3-10(11-4-16(19)22-7-14(11)26-2)12(5-21-9)17(25)24-18-23-13-6-20-8-15(13)27-18;/h3-5,7,20H,6,8H2,1-2H3,(H,23,24,25);1H. The molecule has 1 amide bonds. The number of ether oxygens (including phenoxy) is 1. The molecule has 0 bridgehead atoms. The smallest absolute Gasteiger partial charge is 0.259 e. The Bertz CT molecular complexity index is 1020. The van der Waals surface area contributed by atoms with E-state index in [2.05, 4.69) is 25.6 Å². The van der Waals surface area contributed by atoms with E-state index in [1.807, 2.05) is 13.0 Å². The molecule has 0 aromatic carbocycles. The van der Waals surface area contributed by atoms with E-state index in [0.29, 0.717) is 32.7 Å². The Kier molecular flexibility index (Phi) is 6.14. The number of methoxy groups -OCH3 is 1. The first-order valence-corrected chi connectivity index (χ1v) is 9.42. The first-order chi connectivity index (χ1) is 13.0. The quantitative estimate of drug-likeness (QED) is 0.602. The van der Waals surface area contributed by atoms with Gasteiger partial charge in [0.05, 0.1) is 24.6 Å². The van der Waals surface area contributed by atoms with E-state index in [1.54, 1.807) is 19.4 Å². The number of aromatic nitrogens is 3. The lowest BCUT2D eigenvalue weighted by Gasteiger charge is -2.13. The van der Waals surface area contributed by atoms with Crippen molar-refractivity contribution in [3.8, 4) is 16.9 Å². The maximum atomic E-state index is 12.9. The lowest BCUT2D eigenvalue weighted by Crippen LogP contribution is -2.14. The molecular formula is C18H17Cl2N5O2S. The minimum atomic E-state index is -0.284. The van der Waals surface area contributed by atoms with Crippen LogP contribution < -0.4 is 15.4 Å². The van der Waals surface area contributed by atoms with E-state index in [-0.39, 0.29) is 18.3 Å². The van der Waals surface area contributed by atoms with Gasteiger partial charge in [-0.2, -0.15) is 0 Å². The highest BCUT2D eigenvalue weighted by atomic mass is 35.5. The second kappa shape index (κ2) is 8.40. The summed E-state index contributed by atoms with van der Waals surface area (Å²) in [6.45, 7) is 3.37. The molecule has 1 aliphatic heterocycles. The Balaban J connectivity index is 0.00000225. The molecule has 4 rings (SSSR count). The van der Waals surface area contributed by atoms with Gasteiger partial charge in [-0.05, 0) is 19.1 Å². The Morgan fingerprint density at radius 1 is 1.25 bits per heavy atom. The summed E-state index contributed by atoms with van der Waals surface area (Å²) in [5, 5.41) is 7.00. The summed E-state index contributed by atoms with van der Waals surface area (Å²) in [4.78, 5) is 26.9. The normalized spacial score (nSPS) is 12.2. The predicted molar refractivity (Wildman–Crippen MR) is 112 cm³/mol. The van der Waals surface area contributed by atoms with E-state index in [9.17, 15) is 4.79 Å². The lowest BCUT2D eigenvalue weighted by atomic mass is 10.0. The monoisotopic (exact) mass is 437 g/mol. The van der Waals surface area contributed by atoms with Crippen molar-refractivity contribution in [2.75, 3.05) is 12.4 Å². The summed E-state index contributed by atoms with van der Waals surface area (Å²) >= 11 is 7.55. The number of nitrogens with zero attached hydrogens (tertiary/aromatic N) is 3. The highest BCUT2D eigenvalue weighted by molar-refractivity contribution is 7.15. The molecule has 0 radical (unpaired) electrons. The summed E-state index contributed by atoms with van der Waals surface area (Å²) in [5.74, 6) is 0.242. The van der Waals surface area contributed by atoms with Crippen molar-refractivity contribution < 1.29 is 9.53 Å².